The van der Waals surface area contributed by atoms with Crippen molar-refractivity contribution in [3.63, 3.8) is 0 Å². The number of ether oxygens (including phenoxy) is 1. The Kier molecular flexibility index (Phi) is 2.28. The molecule has 0 atom stereocenters. The number of amides is 1. The summed E-state index contributed by atoms with van der Waals surface area (Å²) in [7, 11) is 0. The fourth-order valence-corrected chi connectivity index (χ4v) is 2.32. The lowest BCUT2D eigenvalue weighted by atomic mass is 10.1. The van der Waals surface area contributed by atoms with Crippen molar-refractivity contribution in [2.45, 2.75) is 13.3 Å². The molecule has 0 spiro atoms. The summed E-state index contributed by atoms with van der Waals surface area (Å²) in [5, 5.41) is 3.82. The lowest BCUT2D eigenvalue weighted by molar-refractivity contribution is 0.0947. The zero-order chi connectivity index (χ0) is 11.8. The molecule has 1 aliphatic rings. The fraction of sp³-hybridized carbons (Fsp3) is 0.308. The molecule has 0 radical (unpaired) electrons. The highest BCUT2D eigenvalue weighted by Gasteiger charge is 2.22. The Morgan fingerprint density at radius 3 is 3.12 bits per heavy atom. The van der Waals surface area contributed by atoms with Gasteiger partial charge in [-0.25, -0.2) is 0 Å². The van der Waals surface area contributed by atoms with Crippen molar-refractivity contribution in [2.75, 3.05) is 13.2 Å². The van der Waals surface area contributed by atoms with Crippen LogP contribution in [0.1, 0.15) is 23.0 Å². The summed E-state index contributed by atoms with van der Waals surface area (Å²) in [5.74, 6) is 0.811. The summed E-state index contributed by atoms with van der Waals surface area (Å²) in [6.45, 7) is 3.28. The van der Waals surface area contributed by atoms with Gasteiger partial charge in [0.1, 0.15) is 5.75 Å². The minimum atomic E-state index is 0.00569. The van der Waals surface area contributed by atoms with E-state index >= 15 is 0 Å². The van der Waals surface area contributed by atoms with Gasteiger partial charge in [0.25, 0.3) is 5.91 Å². The van der Waals surface area contributed by atoms with E-state index in [4.69, 9.17) is 4.74 Å². The SMILES string of the molecule is CCOc1ccc2[nH]c3c(c2c1)C(=O)NCC3. The third-order valence-electron chi connectivity index (χ3n) is 3.05. The summed E-state index contributed by atoms with van der Waals surface area (Å²) < 4.78 is 5.46. The number of hydrogen-bond donors (Lipinski definition) is 2. The average molecular weight is 230 g/mol. The predicted octanol–water partition coefficient (Wildman–Crippen LogP) is 1.85. The molecular formula is C13H14N2O2. The minimum absolute atomic E-state index is 0.00569. The topological polar surface area (TPSA) is 54.1 Å². The van der Waals surface area contributed by atoms with Gasteiger partial charge in [0, 0.05) is 29.6 Å². The van der Waals surface area contributed by atoms with Crippen molar-refractivity contribution < 1.29 is 9.53 Å². The van der Waals surface area contributed by atoms with Gasteiger partial charge >= 0.3 is 0 Å². The van der Waals surface area contributed by atoms with Crippen molar-refractivity contribution >= 4 is 16.8 Å². The summed E-state index contributed by atoms with van der Waals surface area (Å²) in [6, 6.07) is 5.82. The number of H-pyrrole nitrogens is 1. The highest BCUT2D eigenvalue weighted by molar-refractivity contribution is 6.09. The van der Waals surface area contributed by atoms with Gasteiger partial charge in [-0.2, -0.15) is 0 Å². The van der Waals surface area contributed by atoms with Gasteiger partial charge in [-0.1, -0.05) is 0 Å². The van der Waals surface area contributed by atoms with E-state index in [1.54, 1.807) is 0 Å². The molecule has 1 aliphatic heterocycles. The molecule has 4 nitrogen and oxygen atoms in total. The molecular weight excluding hydrogens is 216 g/mol. The van der Waals surface area contributed by atoms with Gasteiger partial charge in [0.2, 0.25) is 0 Å². The van der Waals surface area contributed by atoms with Gasteiger partial charge in [-0.05, 0) is 25.1 Å². The number of benzene rings is 1. The number of aromatic amines is 1. The minimum Gasteiger partial charge on any atom is -0.494 e. The zero-order valence-electron chi connectivity index (χ0n) is 9.67. The number of fused-ring (bicyclic) bond motifs is 3. The Bertz CT molecular complexity index is 586. The molecule has 1 aromatic carbocycles. The van der Waals surface area contributed by atoms with E-state index in [1.807, 2.05) is 25.1 Å². The van der Waals surface area contributed by atoms with E-state index in [2.05, 4.69) is 10.3 Å². The number of nitrogens with one attached hydrogen (secondary N) is 2. The molecule has 88 valence electrons. The van der Waals surface area contributed by atoms with Gasteiger partial charge in [-0.15, -0.1) is 0 Å². The first-order valence-electron chi connectivity index (χ1n) is 5.85. The molecule has 2 N–H and O–H groups in total. The van der Waals surface area contributed by atoms with Crippen LogP contribution in [0.4, 0.5) is 0 Å². The van der Waals surface area contributed by atoms with Crippen LogP contribution in [0.2, 0.25) is 0 Å². The smallest absolute Gasteiger partial charge is 0.253 e. The lowest BCUT2D eigenvalue weighted by Gasteiger charge is -2.12. The Hall–Kier alpha value is -1.97. The van der Waals surface area contributed by atoms with E-state index in [9.17, 15) is 4.79 Å². The first-order chi connectivity index (χ1) is 8.29. The molecule has 0 bridgehead atoms. The Morgan fingerprint density at radius 2 is 2.29 bits per heavy atom. The van der Waals surface area contributed by atoms with Crippen LogP contribution in [0.5, 0.6) is 5.75 Å². The molecule has 0 fully saturated rings. The van der Waals surface area contributed by atoms with Crippen LogP contribution in [0.25, 0.3) is 10.9 Å². The second-order valence-corrected chi connectivity index (χ2v) is 4.12. The number of rotatable bonds is 2. The first kappa shape index (κ1) is 10.2. The number of hydrogen-bond acceptors (Lipinski definition) is 2. The van der Waals surface area contributed by atoms with Crippen LogP contribution in [0, 0.1) is 0 Å². The number of aromatic nitrogens is 1. The quantitative estimate of drug-likeness (QED) is 0.827. The van der Waals surface area contributed by atoms with Crippen LogP contribution in [0.3, 0.4) is 0 Å². The van der Waals surface area contributed by atoms with E-state index < -0.39 is 0 Å². The first-order valence-corrected chi connectivity index (χ1v) is 5.85. The molecule has 1 aromatic heterocycles. The Balaban J connectivity index is 2.20. The molecule has 2 aromatic rings. The molecule has 3 rings (SSSR count). The predicted molar refractivity (Wildman–Crippen MR) is 65.5 cm³/mol. The average Bonchev–Trinajstić information content (AvgIpc) is 2.68. The maximum absolute atomic E-state index is 11.9. The molecule has 0 saturated heterocycles. The number of carbonyl (C=O) groups excluding carboxylic acids is 1. The molecule has 0 aliphatic carbocycles. The molecule has 2 heterocycles. The highest BCUT2D eigenvalue weighted by Crippen LogP contribution is 2.28. The molecule has 4 heteroatoms. The molecule has 0 saturated carbocycles. The van der Waals surface area contributed by atoms with Gasteiger partial charge in [0.15, 0.2) is 0 Å². The maximum Gasteiger partial charge on any atom is 0.253 e. The maximum atomic E-state index is 11.9. The van der Waals surface area contributed by atoms with Crippen LogP contribution < -0.4 is 10.1 Å². The van der Waals surface area contributed by atoms with E-state index in [-0.39, 0.29) is 5.91 Å². The molecule has 17 heavy (non-hydrogen) atoms. The summed E-state index contributed by atoms with van der Waals surface area (Å²) >= 11 is 0. The van der Waals surface area contributed by atoms with Crippen molar-refractivity contribution in [1.82, 2.24) is 10.3 Å². The van der Waals surface area contributed by atoms with E-state index in [0.29, 0.717) is 13.2 Å². The van der Waals surface area contributed by atoms with Crippen molar-refractivity contribution in [3.8, 4) is 5.75 Å². The summed E-state index contributed by atoms with van der Waals surface area (Å²) in [6.07, 6.45) is 0.861. The number of carbonyl (C=O) groups is 1. The molecule has 0 unspecified atom stereocenters. The zero-order valence-corrected chi connectivity index (χ0v) is 9.67. The third-order valence-corrected chi connectivity index (χ3v) is 3.05. The van der Waals surface area contributed by atoms with Crippen LogP contribution in [-0.4, -0.2) is 24.0 Å². The van der Waals surface area contributed by atoms with Crippen molar-refractivity contribution in [1.29, 1.82) is 0 Å². The Morgan fingerprint density at radius 1 is 1.41 bits per heavy atom. The van der Waals surface area contributed by atoms with Crippen LogP contribution >= 0.6 is 0 Å². The van der Waals surface area contributed by atoms with Crippen LogP contribution in [0.15, 0.2) is 18.2 Å². The third kappa shape index (κ3) is 1.56. The van der Waals surface area contributed by atoms with E-state index in [0.717, 1.165) is 34.3 Å². The van der Waals surface area contributed by atoms with E-state index in [1.165, 1.54) is 0 Å². The molecule has 1 amide bonds. The lowest BCUT2D eigenvalue weighted by Crippen LogP contribution is -2.31. The van der Waals surface area contributed by atoms with Crippen molar-refractivity contribution in [2.24, 2.45) is 0 Å². The Labute approximate surface area is 99.0 Å². The van der Waals surface area contributed by atoms with Gasteiger partial charge in [0.05, 0.1) is 12.2 Å². The van der Waals surface area contributed by atoms with Gasteiger partial charge < -0.3 is 15.0 Å². The summed E-state index contributed by atoms with van der Waals surface area (Å²) in [5.41, 5.74) is 2.79. The highest BCUT2D eigenvalue weighted by atomic mass is 16.5. The normalized spacial score (nSPS) is 14.5. The second kappa shape index (κ2) is 3.80. The fourth-order valence-electron chi connectivity index (χ4n) is 2.32. The van der Waals surface area contributed by atoms with Gasteiger partial charge in [-0.3, -0.25) is 4.79 Å². The van der Waals surface area contributed by atoms with Crippen LogP contribution in [-0.2, 0) is 6.42 Å². The second-order valence-electron chi connectivity index (χ2n) is 4.12. The summed E-state index contributed by atoms with van der Waals surface area (Å²) in [4.78, 5) is 15.2. The monoisotopic (exact) mass is 230 g/mol. The largest absolute Gasteiger partial charge is 0.494 e. The van der Waals surface area contributed by atoms with Crippen molar-refractivity contribution in [3.05, 3.63) is 29.5 Å². The standard InChI is InChI=1S/C13H14N2O2/c1-2-17-8-3-4-10-9(7-8)12-11(15-10)5-6-14-13(12)16/h3-4,7,15H,2,5-6H2,1H3,(H,14,16).